The molecule has 0 saturated carbocycles. The summed E-state index contributed by atoms with van der Waals surface area (Å²) in [6, 6.07) is 6.79. The second kappa shape index (κ2) is 7.58. The van der Waals surface area contributed by atoms with E-state index in [0.29, 0.717) is 11.1 Å². The number of hydrogen-bond donors (Lipinski definition) is 0. The summed E-state index contributed by atoms with van der Waals surface area (Å²) >= 11 is 0. The Morgan fingerprint density at radius 2 is 1.44 bits per heavy atom. The van der Waals surface area contributed by atoms with E-state index in [4.69, 9.17) is 4.65 Å². The highest BCUT2D eigenvalue weighted by Crippen LogP contribution is 2.30. The van der Waals surface area contributed by atoms with Gasteiger partial charge in [0, 0.05) is 6.10 Å². The van der Waals surface area contributed by atoms with E-state index in [1.807, 2.05) is 0 Å². The molecule has 2 rings (SSSR count). The number of rotatable bonds is 4. The molecule has 0 aliphatic carbocycles. The topological polar surface area (TPSA) is 9.23 Å². The fraction of sp³-hybridized carbons (Fsp3) is 0.368. The zero-order valence-electron chi connectivity index (χ0n) is 15.3. The molecule has 0 atom stereocenters. The minimum Gasteiger partial charge on any atom is -0.425 e. The van der Waals surface area contributed by atoms with Crippen LogP contribution in [0.3, 0.4) is 0 Å². The molecule has 1 nitrogen and oxygen atoms in total. The van der Waals surface area contributed by atoms with Crippen molar-refractivity contribution >= 4 is 17.8 Å². The standard InChI is InChI=1S/C19H19BF6O/c1-11(2)27-20(15-8-13(4)7-14(10-15)18(21,22)23)17-9-12(3)5-6-16(17)19(24,25)26/h5-11H,1-4H3. The highest BCUT2D eigenvalue weighted by atomic mass is 19.4. The molecule has 8 heteroatoms. The maximum atomic E-state index is 13.5. The van der Waals surface area contributed by atoms with Crippen molar-refractivity contribution in [2.24, 2.45) is 0 Å². The second-order valence-electron chi connectivity index (χ2n) is 6.78. The SMILES string of the molecule is Cc1cc(B(OC(C)C)c2cc(C)ccc2C(F)(F)F)cc(C(F)(F)F)c1. The van der Waals surface area contributed by atoms with Crippen LogP contribution < -0.4 is 10.9 Å². The predicted octanol–water partition coefficient (Wildman–Crippen LogP) is 4.87. The lowest BCUT2D eigenvalue weighted by atomic mass is 9.53. The lowest BCUT2D eigenvalue weighted by molar-refractivity contribution is -0.138. The van der Waals surface area contributed by atoms with Crippen molar-refractivity contribution in [3.8, 4) is 0 Å². The molecule has 0 unspecified atom stereocenters. The molecule has 146 valence electrons. The Kier molecular flexibility index (Phi) is 5.99. The van der Waals surface area contributed by atoms with Gasteiger partial charge in [-0.1, -0.05) is 41.5 Å². The predicted molar refractivity (Wildman–Crippen MR) is 93.6 cm³/mol. The van der Waals surface area contributed by atoms with Crippen LogP contribution in [0.5, 0.6) is 0 Å². The monoisotopic (exact) mass is 388 g/mol. The van der Waals surface area contributed by atoms with Crippen molar-refractivity contribution in [3.05, 3.63) is 58.7 Å². The zero-order valence-corrected chi connectivity index (χ0v) is 15.3. The number of hydrogen-bond acceptors (Lipinski definition) is 1. The zero-order chi connectivity index (χ0) is 20.6. The van der Waals surface area contributed by atoms with Crippen LogP contribution in [0.1, 0.15) is 36.1 Å². The van der Waals surface area contributed by atoms with Gasteiger partial charge in [-0.2, -0.15) is 26.3 Å². The van der Waals surface area contributed by atoms with Gasteiger partial charge in [-0.25, -0.2) is 0 Å². The molecule has 0 N–H and O–H groups in total. The van der Waals surface area contributed by atoms with E-state index in [0.717, 1.165) is 18.2 Å². The molecular formula is C19H19BF6O. The summed E-state index contributed by atoms with van der Waals surface area (Å²) in [5.74, 6) is 0. The lowest BCUT2D eigenvalue weighted by Crippen LogP contribution is -2.49. The number of halogens is 6. The normalized spacial score (nSPS) is 12.6. The molecule has 27 heavy (non-hydrogen) atoms. The van der Waals surface area contributed by atoms with Gasteiger partial charge in [-0.3, -0.25) is 0 Å². The smallest absolute Gasteiger partial charge is 0.416 e. The van der Waals surface area contributed by atoms with Crippen molar-refractivity contribution in [1.29, 1.82) is 0 Å². The van der Waals surface area contributed by atoms with E-state index in [2.05, 4.69) is 0 Å². The van der Waals surface area contributed by atoms with Crippen molar-refractivity contribution in [1.82, 2.24) is 0 Å². The van der Waals surface area contributed by atoms with Gasteiger partial charge in [0.1, 0.15) is 0 Å². The molecule has 0 fully saturated rings. The minimum atomic E-state index is -4.65. The van der Waals surface area contributed by atoms with Gasteiger partial charge in [0.15, 0.2) is 0 Å². The van der Waals surface area contributed by atoms with Crippen LogP contribution in [0.4, 0.5) is 26.3 Å². The van der Waals surface area contributed by atoms with Crippen LogP contribution in [0.15, 0.2) is 36.4 Å². The van der Waals surface area contributed by atoms with Gasteiger partial charge in [0.05, 0.1) is 11.1 Å². The Morgan fingerprint density at radius 3 is 1.96 bits per heavy atom. The van der Waals surface area contributed by atoms with Gasteiger partial charge in [0.2, 0.25) is 0 Å². The number of benzene rings is 2. The van der Waals surface area contributed by atoms with Gasteiger partial charge in [0.25, 0.3) is 0 Å². The van der Waals surface area contributed by atoms with E-state index < -0.39 is 36.5 Å². The van der Waals surface area contributed by atoms with E-state index >= 15 is 0 Å². The Balaban J connectivity index is 2.72. The summed E-state index contributed by atoms with van der Waals surface area (Å²) < 4.78 is 85.8. The molecule has 0 bridgehead atoms. The maximum absolute atomic E-state index is 13.5. The summed E-state index contributed by atoms with van der Waals surface area (Å²) in [6.07, 6.45) is -9.76. The van der Waals surface area contributed by atoms with Crippen LogP contribution in [0.25, 0.3) is 0 Å². The van der Waals surface area contributed by atoms with Gasteiger partial charge >= 0.3 is 19.3 Å². The molecule has 2 aromatic carbocycles. The van der Waals surface area contributed by atoms with Crippen LogP contribution in [-0.4, -0.2) is 13.0 Å². The first-order chi connectivity index (χ1) is 12.3. The highest BCUT2D eigenvalue weighted by Gasteiger charge is 2.39. The number of alkyl halides is 6. The summed E-state index contributed by atoms with van der Waals surface area (Å²) in [5, 5.41) is 0. The Labute approximate surface area is 154 Å². The first kappa shape index (κ1) is 21.3. The molecule has 0 aliphatic rings. The van der Waals surface area contributed by atoms with Crippen molar-refractivity contribution < 1.29 is 31.0 Å². The van der Waals surface area contributed by atoms with E-state index in [1.165, 1.54) is 25.1 Å². The molecule has 2 aromatic rings. The molecule has 0 saturated heterocycles. The first-order valence-electron chi connectivity index (χ1n) is 8.31. The average Bonchev–Trinajstić information content (AvgIpc) is 2.49. The molecule has 0 spiro atoms. The Morgan fingerprint density at radius 1 is 0.815 bits per heavy atom. The Hall–Kier alpha value is -1.96. The third kappa shape index (κ3) is 5.28. The van der Waals surface area contributed by atoms with E-state index in [9.17, 15) is 26.3 Å². The molecule has 0 aliphatic heterocycles. The molecule has 0 amide bonds. The van der Waals surface area contributed by atoms with Gasteiger partial charge in [-0.15, -0.1) is 0 Å². The van der Waals surface area contributed by atoms with E-state index in [-0.39, 0.29) is 10.9 Å². The quantitative estimate of drug-likeness (QED) is 0.537. The highest BCUT2D eigenvalue weighted by molar-refractivity contribution is 6.80. The number of aryl methyl sites for hydroxylation is 2. The summed E-state index contributed by atoms with van der Waals surface area (Å²) in [7, 11) is 0. The molecule has 0 aromatic heterocycles. The van der Waals surface area contributed by atoms with Crippen LogP contribution in [0, 0.1) is 13.8 Å². The van der Waals surface area contributed by atoms with Crippen LogP contribution >= 0.6 is 0 Å². The fourth-order valence-corrected chi connectivity index (χ4v) is 2.89. The first-order valence-corrected chi connectivity index (χ1v) is 8.31. The summed E-state index contributed by atoms with van der Waals surface area (Å²) in [6.45, 7) is 5.05. The van der Waals surface area contributed by atoms with Gasteiger partial charge < -0.3 is 4.65 Å². The Bertz CT molecular complexity index is 811. The van der Waals surface area contributed by atoms with E-state index in [1.54, 1.807) is 20.8 Å². The fourth-order valence-electron chi connectivity index (χ4n) is 2.89. The summed E-state index contributed by atoms with van der Waals surface area (Å²) in [5.41, 5.74) is -1.16. The van der Waals surface area contributed by atoms with Crippen molar-refractivity contribution in [3.63, 3.8) is 0 Å². The largest absolute Gasteiger partial charge is 0.425 e. The molecular weight excluding hydrogens is 369 g/mol. The third-order valence-electron chi connectivity index (χ3n) is 3.93. The van der Waals surface area contributed by atoms with Crippen molar-refractivity contribution in [2.45, 2.75) is 46.2 Å². The van der Waals surface area contributed by atoms with Crippen LogP contribution in [-0.2, 0) is 17.0 Å². The summed E-state index contributed by atoms with van der Waals surface area (Å²) in [4.78, 5) is 0. The van der Waals surface area contributed by atoms with Gasteiger partial charge in [-0.05, 0) is 44.7 Å². The minimum absolute atomic E-state index is 0.0344. The second-order valence-corrected chi connectivity index (χ2v) is 6.78. The van der Waals surface area contributed by atoms with Crippen LogP contribution in [0.2, 0.25) is 0 Å². The molecule has 0 radical (unpaired) electrons. The average molecular weight is 388 g/mol. The van der Waals surface area contributed by atoms with Crippen molar-refractivity contribution in [2.75, 3.05) is 0 Å². The third-order valence-corrected chi connectivity index (χ3v) is 3.93. The molecule has 0 heterocycles. The maximum Gasteiger partial charge on any atom is 0.416 e. The lowest BCUT2D eigenvalue weighted by Gasteiger charge is -2.23.